The molecule has 2 N–H and O–H groups in total. The van der Waals surface area contributed by atoms with Crippen molar-refractivity contribution in [1.82, 2.24) is 30.4 Å². The maximum absolute atomic E-state index is 12.5. The molecule has 2 atom stereocenters. The minimum atomic E-state index is -0.225. The van der Waals surface area contributed by atoms with Gasteiger partial charge < -0.3 is 20.1 Å². The third-order valence-electron chi connectivity index (χ3n) is 7.30. The Morgan fingerprint density at radius 3 is 1.59 bits per heavy atom. The molecule has 4 aromatic heterocycles. The van der Waals surface area contributed by atoms with Crippen molar-refractivity contribution in [2.24, 2.45) is 0 Å². The predicted octanol–water partition coefficient (Wildman–Crippen LogP) is 4.66. The zero-order chi connectivity index (χ0) is 30.7. The molecule has 1 aliphatic rings. The summed E-state index contributed by atoms with van der Waals surface area (Å²) < 4.78 is 11.0. The standard InChI is InChI=1S/C32H36N8O4/c1-3-43-25-12-14-33-23(17-25)19-31(41)35-29-10-8-27(37-39-29)21-6-5-7-22(16-21)28-9-11-30(40-38-28)36-32(42)20-24-18-26(44-4-2)13-15-34-24/h8-15,17-18,21-22H,3-7,16,19-20H2,1-2H3,(H,35,39,41)(H,36,40,42)/t21-,22-/m0/s1. The number of amides is 2. The predicted molar refractivity (Wildman–Crippen MR) is 163 cm³/mol. The fraction of sp³-hybridized carbons (Fsp3) is 0.375. The molecule has 0 spiro atoms. The van der Waals surface area contributed by atoms with Gasteiger partial charge in [0.15, 0.2) is 11.6 Å². The van der Waals surface area contributed by atoms with Gasteiger partial charge in [-0.15, -0.1) is 10.2 Å². The lowest BCUT2D eigenvalue weighted by atomic mass is 9.78. The Labute approximate surface area is 256 Å². The number of hydrogen-bond donors (Lipinski definition) is 2. The molecular formula is C32H36N8O4. The molecule has 0 bridgehead atoms. The fourth-order valence-electron chi connectivity index (χ4n) is 5.30. The summed E-state index contributed by atoms with van der Waals surface area (Å²) in [6.45, 7) is 4.90. The molecule has 5 rings (SSSR count). The summed E-state index contributed by atoms with van der Waals surface area (Å²) in [6.07, 6.45) is 7.36. The molecule has 1 saturated carbocycles. The van der Waals surface area contributed by atoms with Crippen molar-refractivity contribution in [3.63, 3.8) is 0 Å². The first-order chi connectivity index (χ1) is 21.5. The van der Waals surface area contributed by atoms with Crippen molar-refractivity contribution in [1.29, 1.82) is 0 Å². The highest BCUT2D eigenvalue weighted by molar-refractivity contribution is 5.91. The molecule has 12 nitrogen and oxygen atoms in total. The SMILES string of the molecule is CCOc1ccnc(CC(=O)Nc2ccc([C@H]3CCC[C@H](c4ccc(NC(=O)Cc5cc(OCC)ccn5)nn4)C3)nn2)c1. The lowest BCUT2D eigenvalue weighted by Gasteiger charge is -2.28. The monoisotopic (exact) mass is 596 g/mol. The Kier molecular flexibility index (Phi) is 10.3. The van der Waals surface area contributed by atoms with Crippen molar-refractivity contribution in [3.05, 3.63) is 83.7 Å². The van der Waals surface area contributed by atoms with Crippen LogP contribution < -0.4 is 20.1 Å². The number of rotatable bonds is 12. The van der Waals surface area contributed by atoms with Crippen LogP contribution in [0, 0.1) is 0 Å². The zero-order valence-corrected chi connectivity index (χ0v) is 24.9. The Morgan fingerprint density at radius 2 is 1.18 bits per heavy atom. The van der Waals surface area contributed by atoms with Gasteiger partial charge in [0.25, 0.3) is 0 Å². The number of pyridine rings is 2. The summed E-state index contributed by atoms with van der Waals surface area (Å²) in [7, 11) is 0. The van der Waals surface area contributed by atoms with E-state index in [1.807, 2.05) is 26.0 Å². The van der Waals surface area contributed by atoms with E-state index >= 15 is 0 Å². The summed E-state index contributed by atoms with van der Waals surface area (Å²) in [5, 5.41) is 23.0. The average Bonchev–Trinajstić information content (AvgIpc) is 3.02. The van der Waals surface area contributed by atoms with Crippen molar-refractivity contribution < 1.29 is 19.1 Å². The molecule has 0 aliphatic heterocycles. The Morgan fingerprint density at radius 1 is 0.705 bits per heavy atom. The van der Waals surface area contributed by atoms with Crippen LogP contribution in [0.3, 0.4) is 0 Å². The third-order valence-corrected chi connectivity index (χ3v) is 7.30. The molecule has 1 aliphatic carbocycles. The van der Waals surface area contributed by atoms with E-state index in [1.165, 1.54) is 0 Å². The first kappa shape index (κ1) is 30.5. The average molecular weight is 597 g/mol. The first-order valence-corrected chi connectivity index (χ1v) is 14.9. The van der Waals surface area contributed by atoms with Crippen LogP contribution in [0.15, 0.2) is 60.9 Å². The number of aromatic nitrogens is 6. The summed E-state index contributed by atoms with van der Waals surface area (Å²) in [5.41, 5.74) is 3.01. The van der Waals surface area contributed by atoms with Gasteiger partial charge in [-0.25, -0.2) is 0 Å². The second-order valence-electron chi connectivity index (χ2n) is 10.5. The minimum absolute atomic E-state index is 0.109. The van der Waals surface area contributed by atoms with Crippen LogP contribution in [0.4, 0.5) is 11.6 Å². The molecule has 228 valence electrons. The molecule has 44 heavy (non-hydrogen) atoms. The van der Waals surface area contributed by atoms with Crippen molar-refractivity contribution in [2.75, 3.05) is 23.8 Å². The minimum Gasteiger partial charge on any atom is -0.494 e. The number of hydrogen-bond acceptors (Lipinski definition) is 10. The molecule has 0 radical (unpaired) electrons. The lowest BCUT2D eigenvalue weighted by Crippen LogP contribution is -2.19. The Hall–Kier alpha value is -5.00. The van der Waals surface area contributed by atoms with Crippen LogP contribution in [-0.4, -0.2) is 55.4 Å². The molecule has 2 amide bonds. The maximum Gasteiger partial charge on any atom is 0.231 e. The van der Waals surface area contributed by atoms with Gasteiger partial charge in [-0.05, 0) is 69.5 Å². The van der Waals surface area contributed by atoms with Crippen LogP contribution in [-0.2, 0) is 22.4 Å². The van der Waals surface area contributed by atoms with Gasteiger partial charge in [0.1, 0.15) is 11.5 Å². The smallest absolute Gasteiger partial charge is 0.231 e. The first-order valence-electron chi connectivity index (χ1n) is 14.9. The molecule has 0 saturated heterocycles. The second kappa shape index (κ2) is 14.9. The van der Waals surface area contributed by atoms with E-state index in [9.17, 15) is 9.59 Å². The quantitative estimate of drug-likeness (QED) is 0.236. The van der Waals surface area contributed by atoms with Crippen LogP contribution >= 0.6 is 0 Å². The number of nitrogens with zero attached hydrogens (tertiary/aromatic N) is 6. The summed E-state index contributed by atoms with van der Waals surface area (Å²) in [4.78, 5) is 33.5. The van der Waals surface area contributed by atoms with Gasteiger partial charge in [0, 0.05) is 36.4 Å². The normalized spacial score (nSPS) is 16.1. The second-order valence-corrected chi connectivity index (χ2v) is 10.5. The van der Waals surface area contributed by atoms with Crippen LogP contribution in [0.5, 0.6) is 11.5 Å². The van der Waals surface area contributed by atoms with E-state index < -0.39 is 0 Å². The molecule has 12 heteroatoms. The summed E-state index contributed by atoms with van der Waals surface area (Å²) in [6, 6.07) is 14.5. The topological polar surface area (TPSA) is 154 Å². The molecule has 4 aromatic rings. The van der Waals surface area contributed by atoms with E-state index in [0.29, 0.717) is 47.7 Å². The fourth-order valence-corrected chi connectivity index (χ4v) is 5.30. The number of ether oxygens (including phenoxy) is 2. The maximum atomic E-state index is 12.5. The lowest BCUT2D eigenvalue weighted by molar-refractivity contribution is -0.116. The van der Waals surface area contributed by atoms with E-state index in [2.05, 4.69) is 41.0 Å². The molecule has 0 unspecified atom stereocenters. The van der Waals surface area contributed by atoms with Gasteiger partial charge in [-0.1, -0.05) is 6.42 Å². The zero-order valence-electron chi connectivity index (χ0n) is 24.9. The number of anilines is 2. The summed E-state index contributed by atoms with van der Waals surface area (Å²) >= 11 is 0. The number of carbonyl (C=O) groups is 2. The van der Waals surface area contributed by atoms with E-state index in [-0.39, 0.29) is 36.5 Å². The highest BCUT2D eigenvalue weighted by Crippen LogP contribution is 2.40. The Balaban J connectivity index is 1.12. The van der Waals surface area contributed by atoms with Crippen molar-refractivity contribution >= 4 is 23.5 Å². The van der Waals surface area contributed by atoms with Crippen LogP contribution in [0.1, 0.15) is 74.1 Å². The van der Waals surface area contributed by atoms with Gasteiger partial charge >= 0.3 is 0 Å². The Bertz CT molecular complexity index is 1430. The van der Waals surface area contributed by atoms with E-state index in [1.54, 1.807) is 48.8 Å². The van der Waals surface area contributed by atoms with Gasteiger partial charge in [0.05, 0.1) is 48.8 Å². The van der Waals surface area contributed by atoms with Crippen molar-refractivity contribution in [2.45, 2.75) is 64.2 Å². The highest BCUT2D eigenvalue weighted by atomic mass is 16.5. The summed E-state index contributed by atoms with van der Waals surface area (Å²) in [5.74, 6) is 2.15. The highest BCUT2D eigenvalue weighted by Gasteiger charge is 2.27. The van der Waals surface area contributed by atoms with Gasteiger partial charge in [-0.2, -0.15) is 10.2 Å². The molecule has 0 aromatic carbocycles. The van der Waals surface area contributed by atoms with Crippen LogP contribution in [0.2, 0.25) is 0 Å². The molecule has 4 heterocycles. The molecular weight excluding hydrogens is 560 g/mol. The largest absolute Gasteiger partial charge is 0.494 e. The van der Waals surface area contributed by atoms with E-state index in [0.717, 1.165) is 37.1 Å². The van der Waals surface area contributed by atoms with Gasteiger partial charge in [-0.3, -0.25) is 19.6 Å². The molecule has 1 fully saturated rings. The van der Waals surface area contributed by atoms with Crippen molar-refractivity contribution in [3.8, 4) is 11.5 Å². The van der Waals surface area contributed by atoms with E-state index in [4.69, 9.17) is 9.47 Å². The number of nitrogens with one attached hydrogen (secondary N) is 2. The number of carbonyl (C=O) groups excluding carboxylic acids is 2. The van der Waals surface area contributed by atoms with Gasteiger partial charge in [0.2, 0.25) is 11.8 Å². The van der Waals surface area contributed by atoms with Crippen LogP contribution in [0.25, 0.3) is 0 Å². The third kappa shape index (κ3) is 8.52.